The number of carbonyl (C=O) groups excluding carboxylic acids is 3. The summed E-state index contributed by atoms with van der Waals surface area (Å²) in [5.41, 5.74) is 21.0. The van der Waals surface area contributed by atoms with Gasteiger partial charge in [-0.25, -0.2) is 0 Å². The molecule has 1 aliphatic rings. The monoisotopic (exact) mass is 611 g/mol. The van der Waals surface area contributed by atoms with E-state index in [9.17, 15) is 14.4 Å². The summed E-state index contributed by atoms with van der Waals surface area (Å²) < 4.78 is 0. The lowest BCUT2D eigenvalue weighted by Gasteiger charge is -2.29. The minimum Gasteiger partial charge on any atom is -0.370 e. The Kier molecular flexibility index (Phi) is 12.5. The van der Waals surface area contributed by atoms with Gasteiger partial charge in [0.2, 0.25) is 17.7 Å². The third-order valence-electron chi connectivity index (χ3n) is 8.19. The number of hydrogen-bond acceptors (Lipinski definition) is 5. The van der Waals surface area contributed by atoms with E-state index >= 15 is 0 Å². The van der Waals surface area contributed by atoms with E-state index in [-0.39, 0.29) is 36.0 Å². The van der Waals surface area contributed by atoms with E-state index in [1.54, 1.807) is 4.90 Å². The van der Waals surface area contributed by atoms with E-state index in [4.69, 9.17) is 17.2 Å². The first-order valence-electron chi connectivity index (χ1n) is 15.6. The van der Waals surface area contributed by atoms with Crippen LogP contribution in [0.1, 0.15) is 47.9 Å². The lowest BCUT2D eigenvalue weighted by atomic mass is 9.96. The number of aryl methyl sites for hydroxylation is 1. The van der Waals surface area contributed by atoms with E-state index in [0.29, 0.717) is 51.9 Å². The van der Waals surface area contributed by atoms with Crippen LogP contribution in [-0.4, -0.2) is 53.8 Å². The summed E-state index contributed by atoms with van der Waals surface area (Å²) in [5, 5.41) is 6.00. The van der Waals surface area contributed by atoms with Crippen molar-refractivity contribution in [3.8, 4) is 0 Å². The van der Waals surface area contributed by atoms with Gasteiger partial charge in [0.25, 0.3) is 0 Å². The smallest absolute Gasteiger partial charge is 0.245 e. The van der Waals surface area contributed by atoms with E-state index in [2.05, 4.69) is 27.8 Å². The van der Waals surface area contributed by atoms with Crippen molar-refractivity contribution in [2.45, 2.75) is 63.7 Å². The molecule has 0 spiro atoms. The zero-order chi connectivity index (χ0) is 32.0. The molecule has 0 aliphatic carbocycles. The molecule has 238 valence electrons. The number of amides is 3. The quantitative estimate of drug-likeness (QED) is 0.100. The summed E-state index contributed by atoms with van der Waals surface area (Å²) in [7, 11) is 0. The number of carbonyl (C=O) groups is 3. The predicted octanol–water partition coefficient (Wildman–Crippen LogP) is 2.39. The third kappa shape index (κ3) is 10.2. The number of guanidine groups is 1. The SMILES string of the molecule is NCc1ccccc1CCC(=O)N[C@@H](CCCN=C(N)N)C(=O)N1C[C@H](Cc2ccccc2)C[C@H]1C(=O)NCc1ccccc1. The van der Waals surface area contributed by atoms with Gasteiger partial charge >= 0.3 is 0 Å². The summed E-state index contributed by atoms with van der Waals surface area (Å²) in [6.07, 6.45) is 2.80. The van der Waals surface area contributed by atoms with Crippen LogP contribution in [0, 0.1) is 5.92 Å². The second-order valence-corrected chi connectivity index (χ2v) is 11.5. The van der Waals surface area contributed by atoms with E-state index in [0.717, 1.165) is 28.7 Å². The van der Waals surface area contributed by atoms with Crippen LogP contribution >= 0.6 is 0 Å². The molecule has 3 aromatic carbocycles. The highest BCUT2D eigenvalue weighted by Gasteiger charge is 2.41. The predicted molar refractivity (Wildman–Crippen MR) is 177 cm³/mol. The molecule has 1 aliphatic heterocycles. The molecule has 45 heavy (non-hydrogen) atoms. The fraction of sp³-hybridized carbons (Fsp3) is 0.371. The third-order valence-corrected chi connectivity index (χ3v) is 8.19. The van der Waals surface area contributed by atoms with Gasteiger partial charge in [0, 0.05) is 32.6 Å². The molecule has 1 heterocycles. The largest absolute Gasteiger partial charge is 0.370 e. The molecule has 1 saturated heterocycles. The van der Waals surface area contributed by atoms with Gasteiger partial charge in [-0.2, -0.15) is 0 Å². The maximum atomic E-state index is 14.2. The Morgan fingerprint density at radius 3 is 2.20 bits per heavy atom. The highest BCUT2D eigenvalue weighted by molar-refractivity contribution is 5.92. The summed E-state index contributed by atoms with van der Waals surface area (Å²) in [4.78, 5) is 46.7. The van der Waals surface area contributed by atoms with E-state index < -0.39 is 12.1 Å². The number of aliphatic imine (C=N–C) groups is 1. The van der Waals surface area contributed by atoms with Crippen molar-refractivity contribution >= 4 is 23.7 Å². The Balaban J connectivity index is 1.49. The molecule has 0 unspecified atom stereocenters. The number of benzene rings is 3. The zero-order valence-corrected chi connectivity index (χ0v) is 25.7. The van der Waals surface area contributed by atoms with Crippen molar-refractivity contribution in [1.82, 2.24) is 15.5 Å². The van der Waals surface area contributed by atoms with Crippen molar-refractivity contribution in [2.75, 3.05) is 13.1 Å². The number of nitrogens with two attached hydrogens (primary N) is 3. The van der Waals surface area contributed by atoms with Crippen LogP contribution in [0.4, 0.5) is 0 Å². The summed E-state index contributed by atoms with van der Waals surface area (Å²) in [5.74, 6) is -0.654. The molecule has 8 N–H and O–H groups in total. The molecule has 0 bridgehead atoms. The van der Waals surface area contributed by atoms with Crippen LogP contribution in [0.25, 0.3) is 0 Å². The number of nitrogens with one attached hydrogen (secondary N) is 2. The van der Waals surface area contributed by atoms with E-state index in [1.807, 2.05) is 72.8 Å². The van der Waals surface area contributed by atoms with Crippen LogP contribution in [-0.2, 0) is 40.3 Å². The van der Waals surface area contributed by atoms with Gasteiger partial charge < -0.3 is 32.7 Å². The topological polar surface area (TPSA) is 169 Å². The molecule has 3 aromatic rings. The van der Waals surface area contributed by atoms with E-state index in [1.165, 1.54) is 0 Å². The Labute approximate surface area is 265 Å². The van der Waals surface area contributed by atoms with Crippen LogP contribution in [0.3, 0.4) is 0 Å². The molecular formula is C35H45N7O3. The van der Waals surface area contributed by atoms with Crippen molar-refractivity contribution in [1.29, 1.82) is 0 Å². The highest BCUT2D eigenvalue weighted by atomic mass is 16.2. The first kappa shape index (κ1) is 33.2. The Hall–Kier alpha value is -4.70. The zero-order valence-electron chi connectivity index (χ0n) is 25.7. The summed E-state index contributed by atoms with van der Waals surface area (Å²) in [6.45, 7) is 1.49. The van der Waals surface area contributed by atoms with Gasteiger partial charge in [0.15, 0.2) is 5.96 Å². The van der Waals surface area contributed by atoms with Gasteiger partial charge in [0.1, 0.15) is 12.1 Å². The Bertz CT molecular complexity index is 1430. The van der Waals surface area contributed by atoms with Crippen LogP contribution < -0.4 is 27.8 Å². The normalized spacial score (nSPS) is 16.5. The second kappa shape index (κ2) is 17.0. The number of rotatable bonds is 15. The highest BCUT2D eigenvalue weighted by Crippen LogP contribution is 2.28. The second-order valence-electron chi connectivity index (χ2n) is 11.5. The Morgan fingerprint density at radius 1 is 0.889 bits per heavy atom. The molecule has 3 amide bonds. The van der Waals surface area contributed by atoms with Crippen molar-refractivity contribution in [2.24, 2.45) is 28.1 Å². The molecular weight excluding hydrogens is 566 g/mol. The van der Waals surface area contributed by atoms with Crippen molar-refractivity contribution in [3.05, 3.63) is 107 Å². The fourth-order valence-electron chi connectivity index (χ4n) is 5.89. The summed E-state index contributed by atoms with van der Waals surface area (Å²) in [6, 6.07) is 26.0. The molecule has 3 atom stereocenters. The van der Waals surface area contributed by atoms with Gasteiger partial charge in [-0.3, -0.25) is 19.4 Å². The van der Waals surface area contributed by atoms with Gasteiger partial charge in [-0.1, -0.05) is 84.9 Å². The number of hydrogen-bond donors (Lipinski definition) is 5. The molecule has 10 nitrogen and oxygen atoms in total. The van der Waals surface area contributed by atoms with Gasteiger partial charge in [0.05, 0.1) is 0 Å². The average Bonchev–Trinajstić information content (AvgIpc) is 3.48. The lowest BCUT2D eigenvalue weighted by molar-refractivity contribution is -0.141. The first-order valence-corrected chi connectivity index (χ1v) is 15.6. The maximum Gasteiger partial charge on any atom is 0.245 e. The minimum absolute atomic E-state index is 0.0288. The van der Waals surface area contributed by atoms with Crippen molar-refractivity contribution in [3.63, 3.8) is 0 Å². The minimum atomic E-state index is -0.823. The molecule has 1 fully saturated rings. The van der Waals surface area contributed by atoms with Crippen LogP contribution in [0.5, 0.6) is 0 Å². The molecule has 4 rings (SSSR count). The first-order chi connectivity index (χ1) is 21.8. The Morgan fingerprint density at radius 2 is 1.53 bits per heavy atom. The fourth-order valence-corrected chi connectivity index (χ4v) is 5.89. The van der Waals surface area contributed by atoms with Gasteiger partial charge in [-0.15, -0.1) is 0 Å². The van der Waals surface area contributed by atoms with Crippen LogP contribution in [0.2, 0.25) is 0 Å². The number of nitrogens with zero attached hydrogens (tertiary/aromatic N) is 2. The standard InChI is InChI=1S/C35H45N7O3/c36-22-29-15-8-7-14-28(29)17-18-32(43)41-30(16-9-19-39-35(37)38)34(45)42-24-27(20-25-10-3-1-4-11-25)21-31(42)33(44)40-23-26-12-5-2-6-13-26/h1-8,10-15,27,30-31H,9,16-24,36H2,(H,40,44)(H,41,43)(H4,37,38,39)/t27-,30+,31+/m1/s1. The van der Waals surface area contributed by atoms with Crippen molar-refractivity contribution < 1.29 is 14.4 Å². The summed E-state index contributed by atoms with van der Waals surface area (Å²) >= 11 is 0. The molecule has 0 saturated carbocycles. The lowest BCUT2D eigenvalue weighted by Crippen LogP contribution is -2.53. The molecule has 0 radical (unpaired) electrons. The van der Waals surface area contributed by atoms with Gasteiger partial charge in [-0.05, 0) is 60.3 Å². The number of likely N-dealkylation sites (tertiary alicyclic amines) is 1. The molecule has 0 aromatic heterocycles. The van der Waals surface area contributed by atoms with Crippen LogP contribution in [0.15, 0.2) is 89.9 Å². The maximum absolute atomic E-state index is 14.2. The molecule has 10 heteroatoms. The average molecular weight is 612 g/mol.